The van der Waals surface area contributed by atoms with Crippen molar-refractivity contribution in [1.82, 2.24) is 19.4 Å². The number of benzene rings is 2. The van der Waals surface area contributed by atoms with Gasteiger partial charge in [0.15, 0.2) is 13.1 Å². The van der Waals surface area contributed by atoms with Gasteiger partial charge in [0.2, 0.25) is 5.36 Å². The first-order valence-electron chi connectivity index (χ1n) is 14.0. The molecule has 2 amide bonds. The zero-order chi connectivity index (χ0) is 28.7. The Balaban J connectivity index is 0.00000387. The second-order valence-corrected chi connectivity index (χ2v) is 13.5. The van der Waals surface area contributed by atoms with Crippen LogP contribution in [0.25, 0.3) is 20.8 Å². The number of ether oxygens (including phenoxy) is 2. The summed E-state index contributed by atoms with van der Waals surface area (Å²) in [5.74, 6) is 0. The highest BCUT2D eigenvalue weighted by Crippen LogP contribution is 2.32. The van der Waals surface area contributed by atoms with Crippen LogP contribution in [0.5, 0.6) is 0 Å². The summed E-state index contributed by atoms with van der Waals surface area (Å²) in [5.41, 5.74) is 2.12. The third-order valence-electron chi connectivity index (χ3n) is 6.94. The molecule has 0 saturated carbocycles. The van der Waals surface area contributed by atoms with Gasteiger partial charge in [0.25, 0.3) is 0 Å². The number of halogens is 1. The van der Waals surface area contributed by atoms with E-state index >= 15 is 0 Å². The number of amides is 2. The molecule has 11 heteroatoms. The number of anilines is 1. The molecule has 9 nitrogen and oxygen atoms in total. The van der Waals surface area contributed by atoms with E-state index in [9.17, 15) is 9.59 Å². The van der Waals surface area contributed by atoms with Crippen LogP contribution in [0.3, 0.4) is 0 Å². The molecule has 0 unspecified atom stereocenters. The highest BCUT2D eigenvalue weighted by Gasteiger charge is 2.28. The summed E-state index contributed by atoms with van der Waals surface area (Å²) < 4.78 is 14.5. The summed E-state index contributed by atoms with van der Waals surface area (Å²) in [7, 11) is 0. The lowest BCUT2D eigenvalue weighted by molar-refractivity contribution is -0.0000938. The van der Waals surface area contributed by atoms with E-state index in [1.54, 1.807) is 21.1 Å². The Kier molecular flexibility index (Phi) is 9.37. The van der Waals surface area contributed by atoms with Gasteiger partial charge in [-0.15, -0.1) is 11.3 Å². The van der Waals surface area contributed by atoms with E-state index < -0.39 is 11.2 Å². The van der Waals surface area contributed by atoms with Crippen LogP contribution in [-0.4, -0.2) is 90.5 Å². The van der Waals surface area contributed by atoms with Crippen molar-refractivity contribution in [3.8, 4) is 10.6 Å². The molecular formula is C30H40IN5O4S. The van der Waals surface area contributed by atoms with E-state index in [1.165, 1.54) is 0 Å². The fourth-order valence-corrected chi connectivity index (χ4v) is 5.98. The van der Waals surface area contributed by atoms with Crippen molar-refractivity contribution < 1.29 is 43.0 Å². The lowest BCUT2D eigenvalue weighted by atomic mass is 10.2. The molecule has 4 aliphatic rings. The topological polar surface area (TPSA) is 78.2 Å². The van der Waals surface area contributed by atoms with Gasteiger partial charge in [-0.05, 0) is 65.8 Å². The normalized spacial score (nSPS) is 16.5. The minimum Gasteiger partial charge on any atom is -1.00 e. The molecule has 0 atom stereocenters. The highest BCUT2D eigenvalue weighted by molar-refractivity contribution is 7.21. The van der Waals surface area contributed by atoms with Gasteiger partial charge in [0.1, 0.15) is 11.2 Å². The molecule has 222 valence electrons. The number of aromatic nitrogens is 1. The van der Waals surface area contributed by atoms with Crippen molar-refractivity contribution in [1.29, 1.82) is 0 Å². The Morgan fingerprint density at radius 1 is 0.805 bits per heavy atom. The molecule has 3 aliphatic heterocycles. The molecule has 0 radical (unpaired) electrons. The minimum absolute atomic E-state index is 0. The first kappa shape index (κ1) is 31.3. The van der Waals surface area contributed by atoms with Crippen molar-refractivity contribution in [2.75, 3.05) is 57.3 Å². The zero-order valence-electron chi connectivity index (χ0n) is 24.8. The third-order valence-corrected chi connectivity index (χ3v) is 8.03. The Hall–Kier alpha value is -2.67. The summed E-state index contributed by atoms with van der Waals surface area (Å²) >= 11 is 1.75. The maximum absolute atomic E-state index is 12.4. The molecule has 3 heterocycles. The predicted molar refractivity (Wildman–Crippen MR) is 159 cm³/mol. The molecule has 2 fully saturated rings. The maximum atomic E-state index is 12.4. The maximum Gasteiger partial charge on any atom is 0.410 e. The third kappa shape index (κ3) is 7.79. The molecule has 1 aliphatic carbocycles. The predicted octanol–water partition coefficient (Wildman–Crippen LogP) is 1.49. The molecule has 0 N–H and O–H groups in total. The van der Waals surface area contributed by atoms with E-state index in [1.807, 2.05) is 41.5 Å². The van der Waals surface area contributed by atoms with Crippen molar-refractivity contribution in [3.05, 3.63) is 41.8 Å². The monoisotopic (exact) mass is 693 g/mol. The van der Waals surface area contributed by atoms with E-state index in [4.69, 9.17) is 14.5 Å². The van der Waals surface area contributed by atoms with Crippen LogP contribution in [0, 0.1) is 0 Å². The first-order chi connectivity index (χ1) is 18.8. The van der Waals surface area contributed by atoms with Gasteiger partial charge in [-0.1, -0.05) is 0 Å². The summed E-state index contributed by atoms with van der Waals surface area (Å²) in [6.07, 6.45) is -0.490. The first-order valence-corrected chi connectivity index (χ1v) is 14.8. The Morgan fingerprint density at radius 3 is 1.98 bits per heavy atom. The lowest BCUT2D eigenvalue weighted by Gasteiger charge is -2.36. The number of hydrogen-bond donors (Lipinski definition) is 0. The summed E-state index contributed by atoms with van der Waals surface area (Å²) in [6, 6.07) is 12.8. The van der Waals surface area contributed by atoms with Crippen LogP contribution in [0.15, 0.2) is 36.4 Å². The molecule has 1 aromatic rings. The summed E-state index contributed by atoms with van der Waals surface area (Å²) in [4.78, 5) is 36.8. The molecule has 0 aromatic heterocycles. The molecular weight excluding hydrogens is 653 g/mol. The van der Waals surface area contributed by atoms with Crippen molar-refractivity contribution in [2.24, 2.45) is 0 Å². The Morgan fingerprint density at radius 2 is 1.39 bits per heavy atom. The Bertz CT molecular complexity index is 1440. The standard InChI is InChI=1S/C30H40N5O4S.HI/c1-29(2,3)38-27(36)34-15-11-32(12-16-34)21-7-9-23-25(19-21)40-26-20-22(8-10-24(26)31-23)33-13-17-35(18-14-33)28(37)39-30(4,5)6;/h7-10,19-20H,11-18H2,1-6H3;1H/q+1;/p-1. The Labute approximate surface area is 263 Å². The van der Waals surface area contributed by atoms with Gasteiger partial charge >= 0.3 is 12.2 Å². The molecule has 0 bridgehead atoms. The second-order valence-electron chi connectivity index (χ2n) is 12.4. The second kappa shape index (κ2) is 12.3. The van der Waals surface area contributed by atoms with Gasteiger partial charge in [-0.3, -0.25) is 4.90 Å². The average molecular weight is 694 g/mol. The van der Waals surface area contributed by atoms with Crippen molar-refractivity contribution in [3.63, 3.8) is 0 Å². The van der Waals surface area contributed by atoms with Crippen molar-refractivity contribution in [2.45, 2.75) is 52.7 Å². The molecule has 1 aromatic carbocycles. The van der Waals surface area contributed by atoms with Gasteiger partial charge in [-0.2, -0.15) is 0 Å². The number of rotatable bonds is 1. The number of carbonyl (C=O) groups excluding carboxylic acids is 2. The zero-order valence-corrected chi connectivity index (χ0v) is 27.8. The van der Waals surface area contributed by atoms with Crippen LogP contribution in [0.4, 0.5) is 15.3 Å². The van der Waals surface area contributed by atoms with Crippen LogP contribution < -0.4 is 38.8 Å². The van der Waals surface area contributed by atoms with Gasteiger partial charge < -0.3 is 43.3 Å². The SMILES string of the molecule is CC(C)(C)OC(=O)N1CCN(c2ccc3nc4ccc(=[N+]5CCN(C(=O)OC(C)(C)C)CC5)cc-4sc3c2)CC1.[I-]. The van der Waals surface area contributed by atoms with Crippen LogP contribution in [0.2, 0.25) is 0 Å². The number of hydrogen-bond acceptors (Lipinski definition) is 7. The smallest absolute Gasteiger partial charge is 0.410 e. The van der Waals surface area contributed by atoms with E-state index in [-0.39, 0.29) is 36.2 Å². The quantitative estimate of drug-likeness (QED) is 0.219. The largest absolute Gasteiger partial charge is 1.00 e. The number of piperazine rings is 2. The lowest BCUT2D eigenvalue weighted by Crippen LogP contribution is -3.00. The number of carbonyl (C=O) groups is 2. The number of fused-ring (bicyclic) bond motifs is 2. The summed E-state index contributed by atoms with van der Waals surface area (Å²) in [5, 5.41) is 1.14. The van der Waals surface area contributed by atoms with E-state index in [0.717, 1.165) is 58.0 Å². The average Bonchev–Trinajstić information content (AvgIpc) is 2.89. The highest BCUT2D eigenvalue weighted by atomic mass is 127. The van der Waals surface area contributed by atoms with Crippen molar-refractivity contribution >= 4 is 39.4 Å². The van der Waals surface area contributed by atoms with Crippen LogP contribution in [-0.2, 0) is 9.47 Å². The van der Waals surface area contributed by atoms with E-state index in [2.05, 4.69) is 45.9 Å². The molecule has 41 heavy (non-hydrogen) atoms. The van der Waals surface area contributed by atoms with Gasteiger partial charge in [0.05, 0.1) is 33.9 Å². The van der Waals surface area contributed by atoms with Gasteiger partial charge in [0, 0.05) is 44.0 Å². The van der Waals surface area contributed by atoms with Crippen LogP contribution in [0.1, 0.15) is 41.5 Å². The van der Waals surface area contributed by atoms with Gasteiger partial charge in [-0.25, -0.2) is 19.1 Å². The number of nitrogens with zero attached hydrogens (tertiary/aromatic N) is 5. The fourth-order valence-electron chi connectivity index (χ4n) is 4.94. The fraction of sp³-hybridized carbons (Fsp3) is 0.533. The summed E-state index contributed by atoms with van der Waals surface area (Å²) in [6.45, 7) is 16.9. The molecule has 5 rings (SSSR count). The molecule has 2 saturated heterocycles. The minimum atomic E-state index is -0.488. The molecule has 0 spiro atoms. The van der Waals surface area contributed by atoms with Crippen LogP contribution >= 0.6 is 11.3 Å². The van der Waals surface area contributed by atoms with E-state index in [0.29, 0.717) is 26.2 Å².